The Kier molecular flexibility index (Phi) is 6.68. The zero-order valence-electron chi connectivity index (χ0n) is 13.7. The molecule has 1 rings (SSSR count). The van der Waals surface area contributed by atoms with Gasteiger partial charge < -0.3 is 5.73 Å². The lowest BCUT2D eigenvalue weighted by Crippen LogP contribution is -2.52. The highest BCUT2D eigenvalue weighted by Gasteiger charge is 2.37. The quantitative estimate of drug-likeness (QED) is 0.783. The standard InChI is InChI=1S/C16H34N2S/c1-15(2,3)14-7-6-9-16(13-17,10-8-14)18(4)11-12-19-5/h14H,6-13,17H2,1-5H3. The first kappa shape index (κ1) is 17.3. The van der Waals surface area contributed by atoms with Gasteiger partial charge in [0.15, 0.2) is 0 Å². The van der Waals surface area contributed by atoms with Crippen LogP contribution in [0.3, 0.4) is 0 Å². The van der Waals surface area contributed by atoms with Gasteiger partial charge in [0, 0.05) is 24.4 Å². The number of likely N-dealkylation sites (N-methyl/N-ethyl adjacent to an activating group) is 1. The third-order valence-corrected chi connectivity index (χ3v) is 5.79. The Hall–Kier alpha value is 0.270. The predicted octanol–water partition coefficient (Wildman–Crippen LogP) is 3.61. The molecule has 0 spiro atoms. The zero-order chi connectivity index (χ0) is 14.5. The monoisotopic (exact) mass is 286 g/mol. The molecule has 1 fully saturated rings. The van der Waals surface area contributed by atoms with Crippen molar-refractivity contribution in [2.24, 2.45) is 17.1 Å². The lowest BCUT2D eigenvalue weighted by atomic mass is 9.76. The fraction of sp³-hybridized carbons (Fsp3) is 1.00. The molecule has 0 radical (unpaired) electrons. The second-order valence-corrected chi connectivity index (χ2v) is 8.32. The highest BCUT2D eigenvalue weighted by Crippen LogP contribution is 2.41. The fourth-order valence-electron chi connectivity index (χ4n) is 3.46. The molecule has 0 aromatic carbocycles. The number of thioether (sulfide) groups is 1. The van der Waals surface area contributed by atoms with Crippen molar-refractivity contribution in [3.05, 3.63) is 0 Å². The molecule has 0 aliphatic heterocycles. The van der Waals surface area contributed by atoms with Crippen LogP contribution in [0.5, 0.6) is 0 Å². The van der Waals surface area contributed by atoms with Gasteiger partial charge in [-0.2, -0.15) is 11.8 Å². The SMILES string of the molecule is CSCCN(C)C1(CN)CCCC(C(C)(C)C)CC1. The minimum atomic E-state index is 0.260. The van der Waals surface area contributed by atoms with Crippen molar-refractivity contribution in [2.75, 3.05) is 32.1 Å². The van der Waals surface area contributed by atoms with Crippen molar-refractivity contribution in [1.29, 1.82) is 0 Å². The lowest BCUT2D eigenvalue weighted by Gasteiger charge is -2.41. The molecule has 1 saturated carbocycles. The molecule has 1 aliphatic carbocycles. The third kappa shape index (κ3) is 4.64. The first-order chi connectivity index (χ1) is 8.85. The average molecular weight is 287 g/mol. The molecular weight excluding hydrogens is 252 g/mol. The van der Waals surface area contributed by atoms with E-state index in [1.54, 1.807) is 0 Å². The smallest absolute Gasteiger partial charge is 0.0329 e. The topological polar surface area (TPSA) is 29.3 Å². The van der Waals surface area contributed by atoms with Crippen LogP contribution in [0, 0.1) is 11.3 Å². The summed E-state index contributed by atoms with van der Waals surface area (Å²) in [5.41, 5.74) is 6.89. The van der Waals surface area contributed by atoms with Crippen LogP contribution in [0.4, 0.5) is 0 Å². The van der Waals surface area contributed by atoms with Crippen LogP contribution in [-0.4, -0.2) is 42.6 Å². The molecular formula is C16H34N2S. The van der Waals surface area contributed by atoms with Crippen molar-refractivity contribution in [3.63, 3.8) is 0 Å². The van der Waals surface area contributed by atoms with Crippen molar-refractivity contribution in [2.45, 2.75) is 58.4 Å². The van der Waals surface area contributed by atoms with Gasteiger partial charge in [-0.25, -0.2) is 0 Å². The number of hydrogen-bond acceptors (Lipinski definition) is 3. The van der Waals surface area contributed by atoms with Gasteiger partial charge in [-0.1, -0.05) is 27.2 Å². The second-order valence-electron chi connectivity index (χ2n) is 7.34. The van der Waals surface area contributed by atoms with E-state index in [2.05, 4.69) is 39.0 Å². The first-order valence-corrected chi connectivity index (χ1v) is 9.15. The van der Waals surface area contributed by atoms with Crippen molar-refractivity contribution >= 4 is 11.8 Å². The minimum absolute atomic E-state index is 0.260. The summed E-state index contributed by atoms with van der Waals surface area (Å²) in [6.07, 6.45) is 8.79. The maximum Gasteiger partial charge on any atom is 0.0329 e. The Balaban J connectivity index is 2.69. The van der Waals surface area contributed by atoms with Crippen LogP contribution in [-0.2, 0) is 0 Å². The highest BCUT2D eigenvalue weighted by atomic mass is 32.2. The fourth-order valence-corrected chi connectivity index (χ4v) is 3.92. The highest BCUT2D eigenvalue weighted by molar-refractivity contribution is 7.98. The third-order valence-electron chi connectivity index (χ3n) is 5.20. The van der Waals surface area contributed by atoms with Crippen LogP contribution < -0.4 is 5.73 Å². The Labute approximate surface area is 124 Å². The Morgan fingerprint density at radius 1 is 1.26 bits per heavy atom. The van der Waals surface area contributed by atoms with E-state index in [4.69, 9.17) is 5.73 Å². The van der Waals surface area contributed by atoms with Gasteiger partial charge in [-0.05, 0) is 50.3 Å². The molecule has 0 saturated heterocycles. The van der Waals surface area contributed by atoms with Gasteiger partial charge in [0.25, 0.3) is 0 Å². The summed E-state index contributed by atoms with van der Waals surface area (Å²) < 4.78 is 0. The molecule has 1 aliphatic rings. The molecule has 0 aromatic heterocycles. The summed E-state index contributed by atoms with van der Waals surface area (Å²) in [5, 5.41) is 0. The molecule has 2 atom stereocenters. The largest absolute Gasteiger partial charge is 0.329 e. The average Bonchev–Trinajstić information content (AvgIpc) is 2.58. The molecule has 0 heterocycles. The van der Waals surface area contributed by atoms with E-state index in [-0.39, 0.29) is 5.54 Å². The zero-order valence-corrected chi connectivity index (χ0v) is 14.5. The molecule has 2 N–H and O–H groups in total. The Bertz CT molecular complexity index is 262. The van der Waals surface area contributed by atoms with E-state index in [1.165, 1.54) is 44.4 Å². The molecule has 3 heteroatoms. The maximum atomic E-state index is 6.19. The number of nitrogens with two attached hydrogens (primary N) is 1. The van der Waals surface area contributed by atoms with E-state index in [1.807, 2.05) is 11.8 Å². The summed E-state index contributed by atoms with van der Waals surface area (Å²) in [6.45, 7) is 9.16. The van der Waals surface area contributed by atoms with Crippen LogP contribution in [0.1, 0.15) is 52.9 Å². The van der Waals surface area contributed by atoms with Gasteiger partial charge >= 0.3 is 0 Å². The molecule has 0 amide bonds. The number of nitrogens with zero attached hydrogens (tertiary/aromatic N) is 1. The molecule has 114 valence electrons. The minimum Gasteiger partial charge on any atom is -0.329 e. The molecule has 19 heavy (non-hydrogen) atoms. The van der Waals surface area contributed by atoms with Crippen LogP contribution in [0.2, 0.25) is 0 Å². The van der Waals surface area contributed by atoms with Crippen LogP contribution >= 0.6 is 11.8 Å². The Morgan fingerprint density at radius 2 is 1.95 bits per heavy atom. The summed E-state index contributed by atoms with van der Waals surface area (Å²) in [5.74, 6) is 2.07. The van der Waals surface area contributed by atoms with E-state index in [9.17, 15) is 0 Å². The van der Waals surface area contributed by atoms with Gasteiger partial charge in [-0.3, -0.25) is 4.90 Å². The lowest BCUT2D eigenvalue weighted by molar-refractivity contribution is 0.109. The van der Waals surface area contributed by atoms with Gasteiger partial charge in [0.1, 0.15) is 0 Å². The van der Waals surface area contributed by atoms with Crippen LogP contribution in [0.15, 0.2) is 0 Å². The Morgan fingerprint density at radius 3 is 2.47 bits per heavy atom. The van der Waals surface area contributed by atoms with Crippen molar-refractivity contribution < 1.29 is 0 Å². The van der Waals surface area contributed by atoms with Crippen LogP contribution in [0.25, 0.3) is 0 Å². The van der Waals surface area contributed by atoms with Gasteiger partial charge in [0.05, 0.1) is 0 Å². The summed E-state index contributed by atoms with van der Waals surface area (Å²) >= 11 is 1.93. The second kappa shape index (κ2) is 7.33. The number of rotatable bonds is 5. The molecule has 0 aromatic rings. The summed E-state index contributed by atoms with van der Waals surface area (Å²) in [4.78, 5) is 2.55. The van der Waals surface area contributed by atoms with Gasteiger partial charge in [0.2, 0.25) is 0 Å². The van der Waals surface area contributed by atoms with Gasteiger partial charge in [-0.15, -0.1) is 0 Å². The van der Waals surface area contributed by atoms with E-state index in [0.29, 0.717) is 5.41 Å². The summed E-state index contributed by atoms with van der Waals surface area (Å²) in [6, 6.07) is 0. The van der Waals surface area contributed by atoms with Crippen molar-refractivity contribution in [1.82, 2.24) is 4.90 Å². The maximum absolute atomic E-state index is 6.19. The number of hydrogen-bond donors (Lipinski definition) is 1. The normalized spacial score (nSPS) is 29.5. The van der Waals surface area contributed by atoms with E-state index in [0.717, 1.165) is 12.5 Å². The first-order valence-electron chi connectivity index (χ1n) is 7.76. The molecule has 2 unspecified atom stereocenters. The van der Waals surface area contributed by atoms with E-state index < -0.39 is 0 Å². The summed E-state index contributed by atoms with van der Waals surface area (Å²) in [7, 11) is 2.28. The molecule has 2 nitrogen and oxygen atoms in total. The molecule has 0 bridgehead atoms. The predicted molar refractivity (Wildman–Crippen MR) is 88.8 cm³/mol. The van der Waals surface area contributed by atoms with Crippen molar-refractivity contribution in [3.8, 4) is 0 Å². The van der Waals surface area contributed by atoms with E-state index >= 15 is 0 Å².